The monoisotopic (exact) mass is 228 g/mol. The summed E-state index contributed by atoms with van der Waals surface area (Å²) >= 11 is 0. The lowest BCUT2D eigenvalue weighted by Crippen LogP contribution is -2.38. The average molecular weight is 228 g/mol. The molecule has 0 saturated heterocycles. The molecule has 92 valence electrons. The maximum atomic E-state index is 11.0. The molecule has 0 spiro atoms. The first-order valence-electron chi connectivity index (χ1n) is 5.33. The molecule has 0 aromatic rings. The third kappa shape index (κ3) is 7.00. The highest BCUT2D eigenvalue weighted by Gasteiger charge is 2.10. The van der Waals surface area contributed by atoms with Gasteiger partial charge in [0, 0.05) is 18.7 Å². The van der Waals surface area contributed by atoms with E-state index in [0.717, 1.165) is 0 Å². The molecule has 0 bridgehead atoms. The maximum Gasteiger partial charge on any atom is 0.330 e. The van der Waals surface area contributed by atoms with Crippen LogP contribution in [0.3, 0.4) is 0 Å². The van der Waals surface area contributed by atoms with Crippen molar-refractivity contribution in [3.8, 4) is 0 Å². The molecule has 0 rings (SSSR count). The Morgan fingerprint density at radius 1 is 1.44 bits per heavy atom. The largest absolute Gasteiger partial charge is 0.463 e. The van der Waals surface area contributed by atoms with Crippen molar-refractivity contribution >= 4 is 11.9 Å². The van der Waals surface area contributed by atoms with Gasteiger partial charge in [-0.1, -0.05) is 6.08 Å². The van der Waals surface area contributed by atoms with Gasteiger partial charge < -0.3 is 10.5 Å². The summed E-state index contributed by atoms with van der Waals surface area (Å²) in [7, 11) is 0. The van der Waals surface area contributed by atoms with Gasteiger partial charge >= 0.3 is 5.97 Å². The zero-order valence-electron chi connectivity index (χ0n) is 10.1. The molecule has 1 amide bonds. The molecule has 0 fully saturated rings. The van der Waals surface area contributed by atoms with Crippen LogP contribution in [0.5, 0.6) is 0 Å². The van der Waals surface area contributed by atoms with E-state index in [9.17, 15) is 9.59 Å². The van der Waals surface area contributed by atoms with E-state index in [2.05, 4.69) is 0 Å². The third-order valence-corrected chi connectivity index (χ3v) is 1.97. The minimum Gasteiger partial charge on any atom is -0.463 e. The van der Waals surface area contributed by atoms with Gasteiger partial charge in [-0.15, -0.1) is 0 Å². The lowest BCUT2D eigenvalue weighted by Gasteiger charge is -2.22. The maximum absolute atomic E-state index is 11.0. The number of hydrogen-bond donors (Lipinski definition) is 1. The summed E-state index contributed by atoms with van der Waals surface area (Å²) in [5.74, 6) is -0.747. The zero-order valence-corrected chi connectivity index (χ0v) is 10.1. The van der Waals surface area contributed by atoms with E-state index in [-0.39, 0.29) is 24.5 Å². The van der Waals surface area contributed by atoms with Gasteiger partial charge in [-0.05, 0) is 20.8 Å². The molecule has 0 heterocycles. The fourth-order valence-electron chi connectivity index (χ4n) is 1.13. The van der Waals surface area contributed by atoms with E-state index in [1.165, 1.54) is 6.08 Å². The van der Waals surface area contributed by atoms with Crippen LogP contribution in [-0.4, -0.2) is 42.5 Å². The summed E-state index contributed by atoms with van der Waals surface area (Å²) in [4.78, 5) is 23.6. The first-order valence-corrected chi connectivity index (χ1v) is 5.33. The molecule has 16 heavy (non-hydrogen) atoms. The van der Waals surface area contributed by atoms with Crippen molar-refractivity contribution in [1.29, 1.82) is 0 Å². The topological polar surface area (TPSA) is 72.6 Å². The van der Waals surface area contributed by atoms with E-state index in [1.807, 2.05) is 18.7 Å². The minimum atomic E-state index is -0.377. The van der Waals surface area contributed by atoms with Crippen LogP contribution in [0.4, 0.5) is 0 Å². The van der Waals surface area contributed by atoms with E-state index in [4.69, 9.17) is 10.5 Å². The summed E-state index contributed by atoms with van der Waals surface area (Å²) < 4.78 is 4.73. The van der Waals surface area contributed by atoms with Crippen LogP contribution in [0.2, 0.25) is 0 Å². The molecule has 0 aliphatic heterocycles. The summed E-state index contributed by atoms with van der Waals surface area (Å²) in [5, 5.41) is 0. The number of amides is 1. The number of hydrogen-bond acceptors (Lipinski definition) is 4. The van der Waals surface area contributed by atoms with Crippen molar-refractivity contribution in [1.82, 2.24) is 4.90 Å². The van der Waals surface area contributed by atoms with Crippen LogP contribution in [0, 0.1) is 0 Å². The summed E-state index contributed by atoms with van der Waals surface area (Å²) in [6.45, 7) is 6.71. The van der Waals surface area contributed by atoms with Crippen molar-refractivity contribution in [2.75, 3.05) is 19.7 Å². The lowest BCUT2D eigenvalue weighted by atomic mass is 10.3. The molecule has 0 aromatic heterocycles. The average Bonchev–Trinajstić information content (AvgIpc) is 2.15. The number of rotatable bonds is 7. The highest BCUT2D eigenvalue weighted by molar-refractivity contribution is 5.81. The van der Waals surface area contributed by atoms with Crippen LogP contribution >= 0.6 is 0 Å². The quantitative estimate of drug-likeness (QED) is 0.502. The number of primary amides is 1. The normalized spacial score (nSPS) is 11.3. The predicted molar refractivity (Wildman–Crippen MR) is 61.7 cm³/mol. The van der Waals surface area contributed by atoms with Gasteiger partial charge in [0.1, 0.15) is 0 Å². The van der Waals surface area contributed by atoms with E-state index < -0.39 is 0 Å². The number of nitrogens with zero attached hydrogens (tertiary/aromatic N) is 1. The van der Waals surface area contributed by atoms with E-state index in [0.29, 0.717) is 13.2 Å². The SMILES string of the molecule is CCOC(=O)/C=C/CN(CC(N)=O)C(C)C. The fraction of sp³-hybridized carbons (Fsp3) is 0.636. The first-order chi connectivity index (χ1) is 7.47. The van der Waals surface area contributed by atoms with Crippen LogP contribution in [0.25, 0.3) is 0 Å². The van der Waals surface area contributed by atoms with Crippen LogP contribution < -0.4 is 5.73 Å². The van der Waals surface area contributed by atoms with Crippen LogP contribution in [0.15, 0.2) is 12.2 Å². The Labute approximate surface area is 96.2 Å². The Morgan fingerprint density at radius 2 is 2.06 bits per heavy atom. The molecular formula is C11H20N2O3. The van der Waals surface area contributed by atoms with Crippen LogP contribution in [-0.2, 0) is 14.3 Å². The lowest BCUT2D eigenvalue weighted by molar-refractivity contribution is -0.137. The molecule has 0 aliphatic rings. The molecule has 2 N–H and O–H groups in total. The number of carbonyl (C=O) groups is 2. The summed E-state index contributed by atoms with van der Waals surface area (Å²) in [6, 6.07) is 0.194. The Bertz CT molecular complexity index is 262. The molecule has 0 aliphatic carbocycles. The second-order valence-electron chi connectivity index (χ2n) is 3.64. The number of nitrogens with two attached hydrogens (primary N) is 1. The number of ether oxygens (including phenoxy) is 1. The van der Waals surface area contributed by atoms with Gasteiger partial charge in [-0.3, -0.25) is 9.69 Å². The minimum absolute atomic E-state index is 0.185. The van der Waals surface area contributed by atoms with Crippen molar-refractivity contribution in [3.63, 3.8) is 0 Å². The summed E-state index contributed by atoms with van der Waals surface area (Å²) in [6.07, 6.45) is 3.03. The number of esters is 1. The Kier molecular flexibility index (Phi) is 7.20. The van der Waals surface area contributed by atoms with Gasteiger partial charge in [0.15, 0.2) is 0 Å². The van der Waals surface area contributed by atoms with Crippen LogP contribution in [0.1, 0.15) is 20.8 Å². The fourth-order valence-corrected chi connectivity index (χ4v) is 1.13. The highest BCUT2D eigenvalue weighted by Crippen LogP contribution is 1.97. The van der Waals surface area contributed by atoms with E-state index in [1.54, 1.807) is 13.0 Å². The first kappa shape index (κ1) is 14.6. The van der Waals surface area contributed by atoms with Crippen molar-refractivity contribution in [3.05, 3.63) is 12.2 Å². The Hall–Kier alpha value is -1.36. The van der Waals surface area contributed by atoms with Gasteiger partial charge in [-0.2, -0.15) is 0 Å². The molecule has 0 saturated carbocycles. The molecule has 0 radical (unpaired) electrons. The standard InChI is InChI=1S/C11H20N2O3/c1-4-16-11(15)6-5-7-13(9(2)3)8-10(12)14/h5-6,9H,4,7-8H2,1-3H3,(H2,12,14)/b6-5+. The highest BCUT2D eigenvalue weighted by atomic mass is 16.5. The van der Waals surface area contributed by atoms with Gasteiger partial charge in [0.2, 0.25) is 5.91 Å². The molecule has 5 nitrogen and oxygen atoms in total. The zero-order chi connectivity index (χ0) is 12.6. The molecule has 5 heteroatoms. The third-order valence-electron chi connectivity index (χ3n) is 1.97. The second-order valence-corrected chi connectivity index (χ2v) is 3.64. The Morgan fingerprint density at radius 3 is 2.50 bits per heavy atom. The smallest absolute Gasteiger partial charge is 0.330 e. The predicted octanol–water partition coefficient (Wildman–Crippen LogP) is 0.301. The van der Waals surface area contributed by atoms with Gasteiger partial charge in [0.05, 0.1) is 13.2 Å². The molecule has 0 atom stereocenters. The van der Waals surface area contributed by atoms with Gasteiger partial charge in [-0.25, -0.2) is 4.79 Å². The van der Waals surface area contributed by atoms with Crippen molar-refractivity contribution in [2.45, 2.75) is 26.8 Å². The summed E-state index contributed by atoms with van der Waals surface area (Å²) in [5.41, 5.74) is 5.11. The van der Waals surface area contributed by atoms with Gasteiger partial charge in [0.25, 0.3) is 0 Å². The van der Waals surface area contributed by atoms with Crippen molar-refractivity contribution < 1.29 is 14.3 Å². The van der Waals surface area contributed by atoms with Crippen molar-refractivity contribution in [2.24, 2.45) is 5.73 Å². The Balaban J connectivity index is 4.11. The molecule has 0 aromatic carbocycles. The molecular weight excluding hydrogens is 208 g/mol. The second kappa shape index (κ2) is 7.87. The van der Waals surface area contributed by atoms with E-state index >= 15 is 0 Å². The number of carbonyl (C=O) groups excluding carboxylic acids is 2. The molecule has 0 unspecified atom stereocenters.